The lowest BCUT2D eigenvalue weighted by Crippen LogP contribution is -2.24. The second-order valence-electron chi connectivity index (χ2n) is 4.28. The Kier molecular flexibility index (Phi) is 4.80. The highest BCUT2D eigenvalue weighted by molar-refractivity contribution is 7.98. The summed E-state index contributed by atoms with van der Waals surface area (Å²) in [5, 5.41) is 23.4. The number of aliphatic hydroxyl groups excluding tert-OH is 1. The van der Waals surface area contributed by atoms with Gasteiger partial charge in [0.1, 0.15) is 0 Å². The van der Waals surface area contributed by atoms with Gasteiger partial charge in [0, 0.05) is 24.5 Å². The SMILES string of the molecule is CSCC(CCO)Nc1nc2ccccn2c1[N+](=O)[O-]. The molecule has 2 rings (SSSR count). The molecule has 2 aromatic rings. The first-order valence-electron chi connectivity index (χ1n) is 6.15. The molecule has 20 heavy (non-hydrogen) atoms. The summed E-state index contributed by atoms with van der Waals surface area (Å²) in [6.45, 7) is 0.0272. The zero-order valence-electron chi connectivity index (χ0n) is 11.0. The minimum Gasteiger partial charge on any atom is -0.396 e. The van der Waals surface area contributed by atoms with Crippen LogP contribution in [0.25, 0.3) is 5.65 Å². The van der Waals surface area contributed by atoms with E-state index in [1.807, 2.05) is 6.26 Å². The average Bonchev–Trinajstić information content (AvgIpc) is 2.77. The molecule has 108 valence electrons. The van der Waals surface area contributed by atoms with Crippen LogP contribution in [0.1, 0.15) is 6.42 Å². The number of rotatable bonds is 7. The largest absolute Gasteiger partial charge is 0.396 e. The molecule has 0 aliphatic rings. The average molecular weight is 296 g/mol. The molecule has 1 unspecified atom stereocenters. The van der Waals surface area contributed by atoms with E-state index in [1.54, 1.807) is 36.2 Å². The summed E-state index contributed by atoms with van der Waals surface area (Å²) in [4.78, 5) is 15.1. The minimum atomic E-state index is -0.447. The van der Waals surface area contributed by atoms with Crippen molar-refractivity contribution >= 4 is 29.0 Å². The molecule has 8 heteroatoms. The standard InChI is InChI=1S/C12H16N4O3S/c1-20-8-9(5-7-17)13-11-12(16(18)19)15-6-3-2-4-10(15)14-11/h2-4,6,9,13,17H,5,7-8H2,1H3. The van der Waals surface area contributed by atoms with E-state index in [0.717, 1.165) is 5.75 Å². The monoisotopic (exact) mass is 296 g/mol. The number of aromatic nitrogens is 2. The number of nitrogens with one attached hydrogen (secondary N) is 1. The number of hydrogen-bond donors (Lipinski definition) is 2. The third-order valence-electron chi connectivity index (χ3n) is 2.86. The topological polar surface area (TPSA) is 92.7 Å². The number of anilines is 1. The lowest BCUT2D eigenvalue weighted by atomic mass is 10.2. The van der Waals surface area contributed by atoms with Gasteiger partial charge in [-0.05, 0) is 23.7 Å². The predicted molar refractivity (Wildman–Crippen MR) is 79.3 cm³/mol. The Hall–Kier alpha value is -1.80. The first-order valence-corrected chi connectivity index (χ1v) is 7.54. The Balaban J connectivity index is 2.37. The van der Waals surface area contributed by atoms with Crippen molar-refractivity contribution in [3.8, 4) is 0 Å². The van der Waals surface area contributed by atoms with E-state index in [-0.39, 0.29) is 24.3 Å². The summed E-state index contributed by atoms with van der Waals surface area (Å²) >= 11 is 1.61. The molecule has 2 heterocycles. The summed E-state index contributed by atoms with van der Waals surface area (Å²) in [6.07, 6.45) is 4.08. The lowest BCUT2D eigenvalue weighted by molar-refractivity contribution is -0.389. The zero-order valence-corrected chi connectivity index (χ0v) is 11.8. The summed E-state index contributed by atoms with van der Waals surface area (Å²) in [5.41, 5.74) is 0.522. The molecule has 7 nitrogen and oxygen atoms in total. The van der Waals surface area contributed by atoms with Crippen molar-refractivity contribution < 1.29 is 10.0 Å². The number of nitro groups is 1. The minimum absolute atomic E-state index is 0.0272. The van der Waals surface area contributed by atoms with E-state index < -0.39 is 4.92 Å². The summed E-state index contributed by atoms with van der Waals surface area (Å²) in [6, 6.07) is 5.16. The highest BCUT2D eigenvalue weighted by Gasteiger charge is 2.24. The van der Waals surface area contributed by atoms with Crippen molar-refractivity contribution in [2.75, 3.05) is 23.9 Å². The fraction of sp³-hybridized carbons (Fsp3) is 0.417. The van der Waals surface area contributed by atoms with E-state index >= 15 is 0 Å². The number of pyridine rings is 1. The molecule has 0 saturated carbocycles. The third kappa shape index (κ3) is 3.02. The van der Waals surface area contributed by atoms with Crippen LogP contribution in [-0.4, -0.2) is 44.1 Å². The van der Waals surface area contributed by atoms with Gasteiger partial charge in [-0.25, -0.2) is 0 Å². The van der Waals surface area contributed by atoms with Gasteiger partial charge < -0.3 is 20.5 Å². The molecule has 0 amide bonds. The van der Waals surface area contributed by atoms with Gasteiger partial charge >= 0.3 is 5.82 Å². The third-order valence-corrected chi connectivity index (χ3v) is 3.60. The van der Waals surface area contributed by atoms with Crippen LogP contribution in [0.5, 0.6) is 0 Å². The molecule has 0 aromatic carbocycles. The van der Waals surface area contributed by atoms with Crippen LogP contribution in [0.15, 0.2) is 24.4 Å². The number of thioether (sulfide) groups is 1. The Bertz CT molecular complexity index is 595. The van der Waals surface area contributed by atoms with Gasteiger partial charge in [-0.2, -0.15) is 21.1 Å². The van der Waals surface area contributed by atoms with E-state index in [1.165, 1.54) is 4.40 Å². The summed E-state index contributed by atoms with van der Waals surface area (Å²) in [5.74, 6) is 0.907. The van der Waals surface area contributed by atoms with Gasteiger partial charge in [-0.15, -0.1) is 0 Å². The molecule has 1 atom stereocenters. The van der Waals surface area contributed by atoms with Crippen LogP contribution in [0.3, 0.4) is 0 Å². The van der Waals surface area contributed by atoms with Crippen LogP contribution >= 0.6 is 11.8 Å². The molecule has 2 N–H and O–H groups in total. The second-order valence-corrected chi connectivity index (χ2v) is 5.19. The van der Waals surface area contributed by atoms with E-state index in [4.69, 9.17) is 5.11 Å². The van der Waals surface area contributed by atoms with Crippen molar-refractivity contribution in [2.45, 2.75) is 12.5 Å². The van der Waals surface area contributed by atoms with Gasteiger partial charge in [0.25, 0.3) is 0 Å². The van der Waals surface area contributed by atoms with Crippen molar-refractivity contribution in [1.29, 1.82) is 0 Å². The smallest absolute Gasteiger partial charge is 0.372 e. The van der Waals surface area contributed by atoms with Crippen LogP contribution in [0.2, 0.25) is 0 Å². The zero-order chi connectivity index (χ0) is 14.5. The Morgan fingerprint density at radius 2 is 2.40 bits per heavy atom. The first-order chi connectivity index (χ1) is 9.67. The number of aliphatic hydroxyl groups is 1. The van der Waals surface area contributed by atoms with Crippen molar-refractivity contribution in [2.24, 2.45) is 0 Å². The molecule has 0 bridgehead atoms. The maximum absolute atomic E-state index is 11.2. The van der Waals surface area contributed by atoms with E-state index in [0.29, 0.717) is 12.1 Å². The van der Waals surface area contributed by atoms with Crippen molar-refractivity contribution in [1.82, 2.24) is 9.38 Å². The molecule has 0 radical (unpaired) electrons. The van der Waals surface area contributed by atoms with Gasteiger partial charge in [0.2, 0.25) is 11.5 Å². The van der Waals surface area contributed by atoms with Gasteiger partial charge in [0.15, 0.2) is 0 Å². The fourth-order valence-corrected chi connectivity index (χ4v) is 2.65. The lowest BCUT2D eigenvalue weighted by Gasteiger charge is -2.15. The molecule has 0 fully saturated rings. The molecular formula is C12H16N4O3S. The van der Waals surface area contributed by atoms with Crippen LogP contribution in [-0.2, 0) is 0 Å². The van der Waals surface area contributed by atoms with Crippen LogP contribution < -0.4 is 5.32 Å². The Labute approximate surface area is 120 Å². The van der Waals surface area contributed by atoms with Crippen LogP contribution in [0.4, 0.5) is 11.6 Å². The molecule has 0 spiro atoms. The maximum atomic E-state index is 11.2. The number of nitrogens with zero attached hydrogens (tertiary/aromatic N) is 3. The Morgan fingerprint density at radius 1 is 1.60 bits per heavy atom. The van der Waals surface area contributed by atoms with Crippen LogP contribution in [0, 0.1) is 10.1 Å². The van der Waals surface area contributed by atoms with Gasteiger partial charge in [-0.1, -0.05) is 6.07 Å². The highest BCUT2D eigenvalue weighted by Crippen LogP contribution is 2.26. The number of fused-ring (bicyclic) bond motifs is 1. The predicted octanol–water partition coefficient (Wildman–Crippen LogP) is 1.77. The molecular weight excluding hydrogens is 280 g/mol. The van der Waals surface area contributed by atoms with Gasteiger partial charge in [0.05, 0.1) is 6.20 Å². The summed E-state index contributed by atoms with van der Waals surface area (Å²) in [7, 11) is 0. The summed E-state index contributed by atoms with van der Waals surface area (Å²) < 4.78 is 1.44. The first kappa shape index (κ1) is 14.6. The second kappa shape index (κ2) is 6.58. The Morgan fingerprint density at radius 3 is 3.05 bits per heavy atom. The molecule has 2 aromatic heterocycles. The number of hydrogen-bond acceptors (Lipinski definition) is 6. The molecule has 0 saturated heterocycles. The normalized spacial score (nSPS) is 12.5. The number of imidazole rings is 1. The van der Waals surface area contributed by atoms with E-state index in [2.05, 4.69) is 10.3 Å². The van der Waals surface area contributed by atoms with Gasteiger partial charge in [-0.3, -0.25) is 0 Å². The van der Waals surface area contributed by atoms with Crippen molar-refractivity contribution in [3.63, 3.8) is 0 Å². The highest BCUT2D eigenvalue weighted by atomic mass is 32.2. The molecule has 0 aliphatic heterocycles. The molecule has 0 aliphatic carbocycles. The van der Waals surface area contributed by atoms with Crippen molar-refractivity contribution in [3.05, 3.63) is 34.5 Å². The van der Waals surface area contributed by atoms with E-state index in [9.17, 15) is 10.1 Å². The quantitative estimate of drug-likeness (QED) is 0.597. The fourth-order valence-electron chi connectivity index (χ4n) is 2.00. The maximum Gasteiger partial charge on any atom is 0.372 e.